The number of hydrogen-bond acceptors (Lipinski definition) is 6. The van der Waals surface area contributed by atoms with Crippen molar-refractivity contribution in [3.05, 3.63) is 145 Å². The lowest BCUT2D eigenvalue weighted by molar-refractivity contribution is 0.304. The normalized spacial score (nSPS) is 11.8. The van der Waals surface area contributed by atoms with Crippen LogP contribution in [-0.2, 0) is 6.61 Å². The second-order valence-electron chi connectivity index (χ2n) is 10.1. The van der Waals surface area contributed by atoms with E-state index >= 15 is 0 Å². The number of nitrogens with zero attached hydrogens (tertiary/aromatic N) is 5. The second-order valence-corrected chi connectivity index (χ2v) is 12.0. The predicted octanol–water partition coefficient (Wildman–Crippen LogP) is 7.41. The Balaban J connectivity index is 1.28. The van der Waals surface area contributed by atoms with E-state index in [1.807, 2.05) is 96.7 Å². The molecule has 0 spiro atoms. The first-order valence-electron chi connectivity index (χ1n) is 13.7. The molecule has 216 valence electrons. The van der Waals surface area contributed by atoms with E-state index in [9.17, 15) is 4.79 Å². The van der Waals surface area contributed by atoms with Gasteiger partial charge in [-0.2, -0.15) is 14.6 Å². The second kappa shape index (κ2) is 11.7. The lowest BCUT2D eigenvalue weighted by Gasteiger charge is -2.10. The fourth-order valence-electron chi connectivity index (χ4n) is 4.88. The largest absolute Gasteiger partial charge is 0.489 e. The highest BCUT2D eigenvalue weighted by atomic mass is 35.5. The lowest BCUT2D eigenvalue weighted by atomic mass is 10.0. The molecular formula is C34H23Cl2N5O2S. The van der Waals surface area contributed by atoms with Gasteiger partial charge in [0, 0.05) is 27.9 Å². The number of hydrogen-bond donors (Lipinski definition) is 0. The van der Waals surface area contributed by atoms with Gasteiger partial charge in [0.2, 0.25) is 4.96 Å². The van der Waals surface area contributed by atoms with E-state index < -0.39 is 0 Å². The van der Waals surface area contributed by atoms with Crippen LogP contribution in [0.15, 0.2) is 108 Å². The molecular weight excluding hydrogens is 613 g/mol. The van der Waals surface area contributed by atoms with Crippen LogP contribution in [0.1, 0.15) is 16.7 Å². The van der Waals surface area contributed by atoms with E-state index in [0.717, 1.165) is 39.4 Å². The maximum atomic E-state index is 13.5. The topological polar surface area (TPSA) is 74.3 Å². The van der Waals surface area contributed by atoms with Crippen LogP contribution in [0.25, 0.3) is 39.4 Å². The first-order valence-corrected chi connectivity index (χ1v) is 15.3. The molecule has 0 radical (unpaired) electrons. The van der Waals surface area contributed by atoms with Gasteiger partial charge in [-0.25, -0.2) is 4.68 Å². The average Bonchev–Trinajstić information content (AvgIpc) is 3.72. The van der Waals surface area contributed by atoms with Gasteiger partial charge >= 0.3 is 0 Å². The van der Waals surface area contributed by atoms with Gasteiger partial charge in [-0.05, 0) is 72.7 Å². The fourth-order valence-corrected chi connectivity index (χ4v) is 6.28. The van der Waals surface area contributed by atoms with Gasteiger partial charge in [0.15, 0.2) is 5.82 Å². The third kappa shape index (κ3) is 5.51. The molecule has 0 saturated heterocycles. The molecule has 4 aromatic carbocycles. The molecule has 0 fully saturated rings. The van der Waals surface area contributed by atoms with Crippen LogP contribution >= 0.6 is 34.5 Å². The van der Waals surface area contributed by atoms with E-state index in [1.165, 1.54) is 15.9 Å². The van der Waals surface area contributed by atoms with Crippen molar-refractivity contribution in [1.82, 2.24) is 24.4 Å². The van der Waals surface area contributed by atoms with Crippen LogP contribution in [0, 0.1) is 6.92 Å². The summed E-state index contributed by atoms with van der Waals surface area (Å²) in [6, 6.07) is 31.0. The van der Waals surface area contributed by atoms with Gasteiger partial charge < -0.3 is 4.74 Å². The zero-order valence-corrected chi connectivity index (χ0v) is 25.6. The molecule has 0 N–H and O–H groups in total. The number of para-hydroxylation sites is 1. The minimum Gasteiger partial charge on any atom is -0.489 e. The minimum atomic E-state index is -0.270. The molecule has 3 aromatic heterocycles. The third-order valence-electron chi connectivity index (χ3n) is 7.09. The Morgan fingerprint density at radius 1 is 0.909 bits per heavy atom. The Kier molecular flexibility index (Phi) is 7.47. The van der Waals surface area contributed by atoms with Gasteiger partial charge in [-0.3, -0.25) is 4.79 Å². The summed E-state index contributed by atoms with van der Waals surface area (Å²) >= 11 is 13.7. The Morgan fingerprint density at radius 3 is 2.41 bits per heavy atom. The number of fused-ring (bicyclic) bond motifs is 1. The maximum absolute atomic E-state index is 13.5. The van der Waals surface area contributed by atoms with Crippen LogP contribution in [0.3, 0.4) is 0 Å². The van der Waals surface area contributed by atoms with E-state index in [-0.39, 0.29) is 5.56 Å². The summed E-state index contributed by atoms with van der Waals surface area (Å²) in [6.45, 7) is 2.50. The van der Waals surface area contributed by atoms with E-state index in [0.29, 0.717) is 37.5 Å². The van der Waals surface area contributed by atoms with Crippen LogP contribution in [0.4, 0.5) is 0 Å². The van der Waals surface area contributed by atoms with Crippen molar-refractivity contribution in [1.29, 1.82) is 0 Å². The number of ether oxygens (including phenoxy) is 1. The monoisotopic (exact) mass is 635 g/mol. The summed E-state index contributed by atoms with van der Waals surface area (Å²) in [5.74, 6) is 1.17. The highest BCUT2D eigenvalue weighted by Gasteiger charge is 2.17. The zero-order chi connectivity index (χ0) is 30.2. The van der Waals surface area contributed by atoms with Gasteiger partial charge in [0.25, 0.3) is 5.56 Å². The van der Waals surface area contributed by atoms with Crippen molar-refractivity contribution in [3.63, 3.8) is 0 Å². The smallest absolute Gasteiger partial charge is 0.291 e. The van der Waals surface area contributed by atoms with E-state index in [1.54, 1.807) is 18.2 Å². The molecule has 0 aliphatic heterocycles. The molecule has 7 rings (SSSR count). The van der Waals surface area contributed by atoms with Gasteiger partial charge in [0.1, 0.15) is 18.1 Å². The molecule has 0 bridgehead atoms. The van der Waals surface area contributed by atoms with Crippen molar-refractivity contribution in [3.8, 4) is 34.1 Å². The molecule has 7 aromatic rings. The third-order valence-corrected chi connectivity index (χ3v) is 8.60. The molecule has 0 aliphatic carbocycles. The molecule has 0 amide bonds. The molecule has 10 heteroatoms. The van der Waals surface area contributed by atoms with Crippen LogP contribution in [0.5, 0.6) is 5.75 Å². The predicted molar refractivity (Wildman–Crippen MR) is 176 cm³/mol. The fraction of sp³-hybridized carbons (Fsp3) is 0.0588. The Labute approximate surface area is 266 Å². The van der Waals surface area contributed by atoms with E-state index in [4.69, 9.17) is 33.0 Å². The molecule has 0 aliphatic rings. The number of rotatable bonds is 7. The van der Waals surface area contributed by atoms with E-state index in [2.05, 4.69) is 16.1 Å². The average molecular weight is 637 g/mol. The number of halogens is 2. The minimum absolute atomic E-state index is 0.270. The summed E-state index contributed by atoms with van der Waals surface area (Å²) in [7, 11) is 0. The summed E-state index contributed by atoms with van der Waals surface area (Å²) in [5, 5.41) is 10.3. The van der Waals surface area contributed by atoms with Crippen LogP contribution < -0.4 is 14.8 Å². The Hall–Kier alpha value is -4.76. The first kappa shape index (κ1) is 28.0. The van der Waals surface area contributed by atoms with Crippen molar-refractivity contribution in [2.45, 2.75) is 13.5 Å². The van der Waals surface area contributed by atoms with Gasteiger partial charge in [-0.1, -0.05) is 83.1 Å². The highest BCUT2D eigenvalue weighted by molar-refractivity contribution is 7.15. The quantitative estimate of drug-likeness (QED) is 0.182. The summed E-state index contributed by atoms with van der Waals surface area (Å²) in [6.07, 6.45) is 3.77. The highest BCUT2D eigenvalue weighted by Crippen LogP contribution is 2.30. The standard InChI is InChI=1S/C34H23Cl2N5O2S/c1-21-16-23(12-15-29(21)43-20-22-8-4-2-5-9-22)31-24(19-40(38-31)26-10-6-3-7-11-26)17-30-33(42)41-34(44-30)37-32(39-41)27-14-13-25(35)18-28(27)36/h2-19H,20H2,1H3/b30-17-. The number of aryl methyl sites for hydroxylation is 1. The van der Waals surface area contributed by atoms with Crippen LogP contribution in [-0.4, -0.2) is 24.4 Å². The lowest BCUT2D eigenvalue weighted by Crippen LogP contribution is -2.23. The number of thiazole rings is 1. The molecule has 0 atom stereocenters. The van der Waals surface area contributed by atoms with Crippen molar-refractivity contribution in [2.75, 3.05) is 0 Å². The first-order chi connectivity index (χ1) is 21.4. The molecule has 0 unspecified atom stereocenters. The van der Waals surface area contributed by atoms with Crippen LogP contribution in [0.2, 0.25) is 10.0 Å². The summed E-state index contributed by atoms with van der Waals surface area (Å²) < 4.78 is 9.72. The number of benzene rings is 4. The summed E-state index contributed by atoms with van der Waals surface area (Å²) in [4.78, 5) is 18.5. The zero-order valence-electron chi connectivity index (χ0n) is 23.3. The molecule has 44 heavy (non-hydrogen) atoms. The molecule has 0 saturated carbocycles. The maximum Gasteiger partial charge on any atom is 0.291 e. The van der Waals surface area contributed by atoms with Crippen molar-refractivity contribution >= 4 is 45.6 Å². The van der Waals surface area contributed by atoms with Crippen molar-refractivity contribution < 1.29 is 4.74 Å². The number of aromatic nitrogens is 5. The Bertz CT molecular complexity index is 2250. The Morgan fingerprint density at radius 2 is 1.68 bits per heavy atom. The van der Waals surface area contributed by atoms with Gasteiger partial charge in [0.05, 0.1) is 15.2 Å². The van der Waals surface area contributed by atoms with Crippen molar-refractivity contribution in [2.24, 2.45) is 0 Å². The SMILES string of the molecule is Cc1cc(-c2nn(-c3ccccc3)cc2/C=c2\sc3nc(-c4ccc(Cl)cc4Cl)nn3c2=O)ccc1OCc1ccccc1. The summed E-state index contributed by atoms with van der Waals surface area (Å²) in [5.41, 5.74) is 5.75. The van der Waals surface area contributed by atoms with Gasteiger partial charge in [-0.15, -0.1) is 5.10 Å². The molecule has 3 heterocycles. The molecule has 7 nitrogen and oxygen atoms in total.